The first kappa shape index (κ1) is 18.1. The van der Waals surface area contributed by atoms with Gasteiger partial charge in [0.2, 0.25) is 0 Å². The van der Waals surface area contributed by atoms with Crippen molar-refractivity contribution in [3.8, 4) is 11.4 Å². The fourth-order valence-electron chi connectivity index (χ4n) is 2.60. The second kappa shape index (κ2) is 7.65. The predicted molar refractivity (Wildman–Crippen MR) is 96.9 cm³/mol. The minimum Gasteiger partial charge on any atom is -0.496 e. The number of aromatic nitrogens is 3. The number of carbonyl (C=O) groups is 1. The summed E-state index contributed by atoms with van der Waals surface area (Å²) in [4.78, 5) is 27.0. The number of rotatable bonds is 6. The minimum atomic E-state index is -0.557. The van der Waals surface area contributed by atoms with Gasteiger partial charge < -0.3 is 10.1 Å². The number of nitro groups is 1. The molecular formula is C18H17N5O4. The summed E-state index contributed by atoms with van der Waals surface area (Å²) in [6, 6.07) is 9.83. The third-order valence-corrected chi connectivity index (χ3v) is 4.03. The lowest BCUT2D eigenvalue weighted by Crippen LogP contribution is -2.23. The molecule has 27 heavy (non-hydrogen) atoms. The predicted octanol–water partition coefficient (Wildman–Crippen LogP) is 2.42. The number of hydrogen-bond donors (Lipinski definition) is 1. The topological polar surface area (TPSA) is 112 Å². The van der Waals surface area contributed by atoms with Gasteiger partial charge in [0.1, 0.15) is 24.1 Å². The molecule has 3 rings (SSSR count). The molecule has 0 radical (unpaired) electrons. The summed E-state index contributed by atoms with van der Waals surface area (Å²) in [5, 5.41) is 18.0. The van der Waals surface area contributed by atoms with E-state index in [1.807, 2.05) is 25.1 Å². The van der Waals surface area contributed by atoms with E-state index in [9.17, 15) is 14.9 Å². The van der Waals surface area contributed by atoms with Crippen LogP contribution in [-0.4, -0.2) is 32.7 Å². The Balaban J connectivity index is 1.79. The third kappa shape index (κ3) is 3.92. The van der Waals surface area contributed by atoms with E-state index < -0.39 is 10.8 Å². The molecule has 0 aliphatic rings. The average molecular weight is 367 g/mol. The summed E-state index contributed by atoms with van der Waals surface area (Å²) in [6.07, 6.45) is 2.63. The quantitative estimate of drug-likeness (QED) is 0.529. The molecule has 1 heterocycles. The molecule has 9 nitrogen and oxygen atoms in total. The number of nitro benzene ring substituents is 1. The molecule has 0 unspecified atom stereocenters. The lowest BCUT2D eigenvalue weighted by atomic mass is 10.1. The highest BCUT2D eigenvalue weighted by atomic mass is 16.6. The van der Waals surface area contributed by atoms with Gasteiger partial charge in [0, 0.05) is 18.2 Å². The van der Waals surface area contributed by atoms with E-state index in [0.29, 0.717) is 0 Å². The maximum Gasteiger partial charge on any atom is 0.295 e. The Kier molecular flexibility index (Phi) is 5.11. The van der Waals surface area contributed by atoms with Crippen LogP contribution in [0.25, 0.3) is 5.69 Å². The lowest BCUT2D eigenvalue weighted by Gasteiger charge is -2.10. The second-order valence-corrected chi connectivity index (χ2v) is 5.79. The number of nitrogens with zero attached hydrogens (tertiary/aromatic N) is 4. The third-order valence-electron chi connectivity index (χ3n) is 4.03. The van der Waals surface area contributed by atoms with Gasteiger partial charge in [-0.1, -0.05) is 12.1 Å². The molecule has 0 saturated carbocycles. The van der Waals surface area contributed by atoms with Gasteiger partial charge in [0.25, 0.3) is 11.6 Å². The van der Waals surface area contributed by atoms with E-state index in [1.54, 1.807) is 7.11 Å². The van der Waals surface area contributed by atoms with E-state index in [0.717, 1.165) is 16.9 Å². The molecule has 138 valence electrons. The van der Waals surface area contributed by atoms with Crippen LogP contribution in [0.2, 0.25) is 0 Å². The van der Waals surface area contributed by atoms with Crippen LogP contribution in [0.1, 0.15) is 21.5 Å². The first-order chi connectivity index (χ1) is 13.0. The molecule has 1 aromatic heterocycles. The van der Waals surface area contributed by atoms with Crippen molar-refractivity contribution < 1.29 is 14.5 Å². The number of ether oxygens (including phenoxy) is 1. The summed E-state index contributed by atoms with van der Waals surface area (Å²) in [5.41, 5.74) is 2.04. The van der Waals surface area contributed by atoms with Crippen molar-refractivity contribution in [2.75, 3.05) is 7.11 Å². The van der Waals surface area contributed by atoms with Gasteiger partial charge in [0.05, 0.1) is 12.0 Å². The van der Waals surface area contributed by atoms with Crippen molar-refractivity contribution in [2.24, 2.45) is 0 Å². The van der Waals surface area contributed by atoms with Crippen molar-refractivity contribution in [3.05, 3.63) is 75.9 Å². The van der Waals surface area contributed by atoms with E-state index >= 15 is 0 Å². The highest BCUT2D eigenvalue weighted by Gasteiger charge is 2.19. The Bertz CT molecular complexity index is 985. The van der Waals surface area contributed by atoms with Crippen LogP contribution < -0.4 is 10.1 Å². The van der Waals surface area contributed by atoms with Gasteiger partial charge in [-0.05, 0) is 36.2 Å². The molecule has 0 saturated heterocycles. The van der Waals surface area contributed by atoms with Gasteiger partial charge in [-0.2, -0.15) is 5.10 Å². The highest BCUT2D eigenvalue weighted by molar-refractivity contribution is 5.95. The summed E-state index contributed by atoms with van der Waals surface area (Å²) in [5.74, 6) is 0.317. The molecule has 0 bridgehead atoms. The number of nitrogens with one attached hydrogen (secondary N) is 1. The van der Waals surface area contributed by atoms with Gasteiger partial charge in [0.15, 0.2) is 0 Å². The molecular weight excluding hydrogens is 350 g/mol. The van der Waals surface area contributed by atoms with Crippen LogP contribution in [0.5, 0.6) is 5.75 Å². The van der Waals surface area contributed by atoms with Crippen LogP contribution in [-0.2, 0) is 6.54 Å². The number of carbonyl (C=O) groups excluding carboxylic acids is 1. The largest absolute Gasteiger partial charge is 0.496 e. The van der Waals surface area contributed by atoms with E-state index in [1.165, 1.54) is 35.5 Å². The first-order valence-electron chi connectivity index (χ1n) is 8.04. The van der Waals surface area contributed by atoms with Gasteiger partial charge in [-0.25, -0.2) is 9.67 Å². The van der Waals surface area contributed by atoms with E-state index in [2.05, 4.69) is 15.4 Å². The Morgan fingerprint density at radius 1 is 1.30 bits per heavy atom. The Labute approximate surface area is 154 Å². The van der Waals surface area contributed by atoms with Crippen molar-refractivity contribution in [2.45, 2.75) is 13.5 Å². The molecule has 0 spiro atoms. The molecule has 1 N–H and O–H groups in total. The van der Waals surface area contributed by atoms with E-state index in [-0.39, 0.29) is 23.5 Å². The summed E-state index contributed by atoms with van der Waals surface area (Å²) in [7, 11) is 1.58. The highest BCUT2D eigenvalue weighted by Crippen LogP contribution is 2.24. The molecule has 0 aliphatic heterocycles. The smallest absolute Gasteiger partial charge is 0.295 e. The standard InChI is InChI=1S/C18H17N5O4/c1-12-3-4-13(7-17(12)27-2)9-20-18(24)14-5-6-15(16(8-14)23(25)26)22-11-19-10-21-22/h3-8,10-11H,9H2,1-2H3,(H,20,24). The molecule has 0 aliphatic carbocycles. The molecule has 9 heteroatoms. The minimum absolute atomic E-state index is 0.185. The average Bonchev–Trinajstić information content (AvgIpc) is 3.21. The monoisotopic (exact) mass is 367 g/mol. The van der Waals surface area contributed by atoms with Crippen molar-refractivity contribution in [1.29, 1.82) is 0 Å². The number of benzene rings is 2. The number of amides is 1. The number of hydrogen-bond acceptors (Lipinski definition) is 6. The van der Waals surface area contributed by atoms with Crippen LogP contribution in [0.3, 0.4) is 0 Å². The lowest BCUT2D eigenvalue weighted by molar-refractivity contribution is -0.384. The van der Waals surface area contributed by atoms with E-state index in [4.69, 9.17) is 4.74 Å². The number of aryl methyl sites for hydroxylation is 1. The zero-order chi connectivity index (χ0) is 19.4. The summed E-state index contributed by atoms with van der Waals surface area (Å²) in [6.45, 7) is 2.20. The van der Waals surface area contributed by atoms with Crippen LogP contribution in [0.15, 0.2) is 49.1 Å². The van der Waals surface area contributed by atoms with Crippen molar-refractivity contribution in [3.63, 3.8) is 0 Å². The van der Waals surface area contributed by atoms with Gasteiger partial charge >= 0.3 is 0 Å². The maximum atomic E-state index is 12.4. The first-order valence-corrected chi connectivity index (χ1v) is 8.04. The SMILES string of the molecule is COc1cc(CNC(=O)c2ccc(-n3cncn3)c([N+](=O)[O-])c2)ccc1C. The Hall–Kier alpha value is -3.75. The van der Waals surface area contributed by atoms with Crippen molar-refractivity contribution >= 4 is 11.6 Å². The molecule has 3 aromatic rings. The summed E-state index contributed by atoms with van der Waals surface area (Å²) >= 11 is 0. The van der Waals surface area contributed by atoms with Crippen molar-refractivity contribution in [1.82, 2.24) is 20.1 Å². The zero-order valence-corrected chi connectivity index (χ0v) is 14.7. The second-order valence-electron chi connectivity index (χ2n) is 5.79. The van der Waals surface area contributed by atoms with Crippen LogP contribution in [0, 0.1) is 17.0 Å². The zero-order valence-electron chi connectivity index (χ0n) is 14.7. The van der Waals surface area contributed by atoms with Gasteiger partial charge in [-0.3, -0.25) is 14.9 Å². The van der Waals surface area contributed by atoms with Crippen LogP contribution >= 0.6 is 0 Å². The number of methoxy groups -OCH3 is 1. The molecule has 1 amide bonds. The van der Waals surface area contributed by atoms with Gasteiger partial charge in [-0.15, -0.1) is 0 Å². The summed E-state index contributed by atoms with van der Waals surface area (Å²) < 4.78 is 6.54. The maximum absolute atomic E-state index is 12.4. The molecule has 0 fully saturated rings. The van der Waals surface area contributed by atoms with Crippen LogP contribution in [0.4, 0.5) is 5.69 Å². The molecule has 2 aromatic carbocycles. The fourth-order valence-corrected chi connectivity index (χ4v) is 2.60. The fraction of sp³-hybridized carbons (Fsp3) is 0.167. The normalized spacial score (nSPS) is 10.4. The Morgan fingerprint density at radius 2 is 2.11 bits per heavy atom. The Morgan fingerprint density at radius 3 is 2.78 bits per heavy atom. The molecule has 0 atom stereocenters.